The lowest BCUT2D eigenvalue weighted by Crippen LogP contribution is -2.39. The molecule has 2 aromatic rings. The average molecular weight is 317 g/mol. The van der Waals surface area contributed by atoms with Crippen LogP contribution in [0.1, 0.15) is 54.7 Å². The van der Waals surface area contributed by atoms with Crippen LogP contribution in [-0.2, 0) is 11.2 Å². The molecule has 1 fully saturated rings. The van der Waals surface area contributed by atoms with Crippen molar-refractivity contribution in [2.45, 2.75) is 51.9 Å². The quantitative estimate of drug-likeness (QED) is 0.912. The van der Waals surface area contributed by atoms with E-state index in [0.717, 1.165) is 43.7 Å². The normalized spacial score (nSPS) is 18.3. The molecule has 1 N–H and O–H groups in total. The second-order valence-electron chi connectivity index (χ2n) is 6.24. The van der Waals surface area contributed by atoms with E-state index in [1.165, 1.54) is 0 Å². The average Bonchev–Trinajstić information content (AvgIpc) is 3.16. The van der Waals surface area contributed by atoms with Gasteiger partial charge in [-0.2, -0.15) is 10.1 Å². The summed E-state index contributed by atoms with van der Waals surface area (Å²) in [5.74, 6) is 1.80. The molecule has 1 amide bonds. The van der Waals surface area contributed by atoms with Crippen LogP contribution in [0.3, 0.4) is 0 Å². The molecule has 0 saturated carbocycles. The molecule has 1 atom stereocenters. The number of hydrogen-bond donors (Lipinski definition) is 1. The Labute approximate surface area is 135 Å². The van der Waals surface area contributed by atoms with Crippen molar-refractivity contribution in [3.8, 4) is 0 Å². The van der Waals surface area contributed by atoms with Crippen LogP contribution in [0.4, 0.5) is 0 Å². The molecule has 0 bridgehead atoms. The predicted molar refractivity (Wildman–Crippen MR) is 83.9 cm³/mol. The molecule has 0 radical (unpaired) electrons. The molecule has 0 aliphatic carbocycles. The Morgan fingerprint density at radius 1 is 1.48 bits per heavy atom. The van der Waals surface area contributed by atoms with Gasteiger partial charge in [0.25, 0.3) is 0 Å². The zero-order chi connectivity index (χ0) is 16.2. The van der Waals surface area contributed by atoms with E-state index in [-0.39, 0.29) is 5.91 Å². The summed E-state index contributed by atoms with van der Waals surface area (Å²) < 4.78 is 5.07. The zero-order valence-electron chi connectivity index (χ0n) is 13.7. The molecule has 0 unspecified atom stereocenters. The van der Waals surface area contributed by atoms with Crippen molar-refractivity contribution in [1.82, 2.24) is 25.2 Å². The highest BCUT2D eigenvalue weighted by Gasteiger charge is 2.25. The largest absolute Gasteiger partial charge is 0.342 e. The molecule has 7 nitrogen and oxygen atoms in total. The molecule has 1 aliphatic rings. The fourth-order valence-electron chi connectivity index (χ4n) is 3.08. The summed E-state index contributed by atoms with van der Waals surface area (Å²) in [7, 11) is 0. The van der Waals surface area contributed by atoms with Crippen LogP contribution in [0.15, 0.2) is 10.6 Å². The summed E-state index contributed by atoms with van der Waals surface area (Å²) in [5.41, 5.74) is 2.14. The maximum atomic E-state index is 12.4. The van der Waals surface area contributed by atoms with E-state index in [1.54, 1.807) is 6.92 Å². The zero-order valence-corrected chi connectivity index (χ0v) is 13.7. The number of aromatic amines is 1. The molecule has 1 aliphatic heterocycles. The van der Waals surface area contributed by atoms with Crippen LogP contribution in [0.5, 0.6) is 0 Å². The molecule has 3 heterocycles. The number of rotatable bonds is 5. The van der Waals surface area contributed by atoms with Gasteiger partial charge in [0.15, 0.2) is 5.82 Å². The molecule has 7 heteroatoms. The van der Waals surface area contributed by atoms with Crippen LogP contribution in [0, 0.1) is 13.8 Å². The summed E-state index contributed by atoms with van der Waals surface area (Å²) in [6.07, 6.45) is 4.04. The second-order valence-corrected chi connectivity index (χ2v) is 6.24. The van der Waals surface area contributed by atoms with E-state index in [2.05, 4.69) is 26.4 Å². The van der Waals surface area contributed by atoms with Crippen LogP contribution >= 0.6 is 0 Å². The Morgan fingerprint density at radius 3 is 3.04 bits per heavy atom. The highest BCUT2D eigenvalue weighted by Crippen LogP contribution is 2.26. The van der Waals surface area contributed by atoms with Crippen molar-refractivity contribution < 1.29 is 9.32 Å². The van der Waals surface area contributed by atoms with Crippen molar-refractivity contribution in [2.24, 2.45) is 0 Å². The molecular weight excluding hydrogens is 294 g/mol. The highest BCUT2D eigenvalue weighted by molar-refractivity contribution is 5.76. The van der Waals surface area contributed by atoms with Gasteiger partial charge in [-0.1, -0.05) is 5.16 Å². The summed E-state index contributed by atoms with van der Waals surface area (Å²) >= 11 is 0. The third-order valence-electron chi connectivity index (χ3n) is 4.27. The number of nitrogens with one attached hydrogen (secondary N) is 1. The molecule has 3 rings (SSSR count). The van der Waals surface area contributed by atoms with Crippen molar-refractivity contribution in [3.63, 3.8) is 0 Å². The van der Waals surface area contributed by atoms with Crippen molar-refractivity contribution in [3.05, 3.63) is 29.2 Å². The third kappa shape index (κ3) is 3.97. The van der Waals surface area contributed by atoms with Crippen LogP contribution in [-0.4, -0.2) is 44.2 Å². The number of aromatic nitrogens is 4. The van der Waals surface area contributed by atoms with Gasteiger partial charge in [-0.15, -0.1) is 0 Å². The van der Waals surface area contributed by atoms with Gasteiger partial charge in [0.1, 0.15) is 0 Å². The van der Waals surface area contributed by atoms with Gasteiger partial charge in [0.05, 0.1) is 5.69 Å². The lowest BCUT2D eigenvalue weighted by molar-refractivity contribution is -0.132. The fourth-order valence-corrected chi connectivity index (χ4v) is 3.08. The van der Waals surface area contributed by atoms with Gasteiger partial charge >= 0.3 is 0 Å². The van der Waals surface area contributed by atoms with Crippen LogP contribution in [0.25, 0.3) is 0 Å². The lowest BCUT2D eigenvalue weighted by Gasteiger charge is -2.32. The minimum absolute atomic E-state index is 0.207. The number of hydrogen-bond acceptors (Lipinski definition) is 5. The number of amides is 1. The van der Waals surface area contributed by atoms with Crippen molar-refractivity contribution in [1.29, 1.82) is 0 Å². The first-order chi connectivity index (χ1) is 11.1. The van der Waals surface area contributed by atoms with E-state index < -0.39 is 0 Å². The van der Waals surface area contributed by atoms with Gasteiger partial charge in [0.2, 0.25) is 11.8 Å². The van der Waals surface area contributed by atoms with Gasteiger partial charge in [-0.25, -0.2) is 0 Å². The first kappa shape index (κ1) is 15.7. The molecule has 23 heavy (non-hydrogen) atoms. The number of carbonyl (C=O) groups is 1. The van der Waals surface area contributed by atoms with Crippen molar-refractivity contribution in [2.75, 3.05) is 13.1 Å². The molecule has 0 spiro atoms. The first-order valence-electron chi connectivity index (χ1n) is 8.20. The van der Waals surface area contributed by atoms with E-state index in [1.807, 2.05) is 11.8 Å². The Bertz CT molecular complexity index is 663. The van der Waals surface area contributed by atoms with E-state index >= 15 is 0 Å². The maximum absolute atomic E-state index is 12.4. The second kappa shape index (κ2) is 6.93. The molecular formula is C16H23N5O2. The maximum Gasteiger partial charge on any atom is 0.226 e. The van der Waals surface area contributed by atoms with E-state index in [0.29, 0.717) is 30.5 Å². The summed E-state index contributed by atoms with van der Waals surface area (Å²) in [6.45, 7) is 5.41. The fraction of sp³-hybridized carbons (Fsp3) is 0.625. The van der Waals surface area contributed by atoms with Gasteiger partial charge in [-0.05, 0) is 39.2 Å². The summed E-state index contributed by atoms with van der Waals surface area (Å²) in [5, 5.41) is 11.1. The minimum Gasteiger partial charge on any atom is -0.342 e. The number of H-pyrrole nitrogens is 1. The SMILES string of the molecule is Cc1noc(CCCC(=O)N2CCC[C@H](c3cc(C)[nH]n3)C2)n1. The van der Waals surface area contributed by atoms with Gasteiger partial charge < -0.3 is 9.42 Å². The summed E-state index contributed by atoms with van der Waals surface area (Å²) in [6, 6.07) is 2.08. The molecule has 2 aromatic heterocycles. The minimum atomic E-state index is 0.207. The molecule has 124 valence electrons. The third-order valence-corrected chi connectivity index (χ3v) is 4.27. The van der Waals surface area contributed by atoms with E-state index in [4.69, 9.17) is 4.52 Å². The number of nitrogens with zero attached hydrogens (tertiary/aromatic N) is 4. The smallest absolute Gasteiger partial charge is 0.226 e. The first-order valence-corrected chi connectivity index (χ1v) is 8.20. The van der Waals surface area contributed by atoms with Gasteiger partial charge in [-0.3, -0.25) is 9.89 Å². The number of likely N-dealkylation sites (tertiary alicyclic amines) is 1. The van der Waals surface area contributed by atoms with E-state index in [9.17, 15) is 4.79 Å². The van der Waals surface area contributed by atoms with Crippen molar-refractivity contribution >= 4 is 5.91 Å². The standard InChI is InChI=1S/C16H23N5O2/c1-11-9-14(19-18-11)13-5-4-8-21(10-13)16(22)7-3-6-15-17-12(2)20-23-15/h9,13H,3-8,10H2,1-2H3,(H,18,19)/t13-/m0/s1. The number of piperidine rings is 1. The summed E-state index contributed by atoms with van der Waals surface area (Å²) in [4.78, 5) is 18.5. The Balaban J connectivity index is 1.48. The molecule has 0 aromatic carbocycles. The van der Waals surface area contributed by atoms with Crippen LogP contribution in [0.2, 0.25) is 0 Å². The van der Waals surface area contributed by atoms with Crippen LogP contribution < -0.4 is 0 Å². The highest BCUT2D eigenvalue weighted by atomic mass is 16.5. The topological polar surface area (TPSA) is 87.9 Å². The Kier molecular flexibility index (Phi) is 4.73. The number of carbonyl (C=O) groups excluding carboxylic acids is 1. The van der Waals surface area contributed by atoms with Gasteiger partial charge in [0, 0.05) is 37.5 Å². The Hall–Kier alpha value is -2.18. The Morgan fingerprint density at radius 2 is 2.35 bits per heavy atom. The lowest BCUT2D eigenvalue weighted by atomic mass is 9.94. The predicted octanol–water partition coefficient (Wildman–Crippen LogP) is 2.14. The molecule has 1 saturated heterocycles. The number of aryl methyl sites for hydroxylation is 3. The monoisotopic (exact) mass is 317 g/mol.